The molecule has 0 spiro atoms. The van der Waals surface area contributed by atoms with Gasteiger partial charge in [-0.3, -0.25) is 4.79 Å². The number of piperidine rings is 1. The highest BCUT2D eigenvalue weighted by atomic mass is 32.2. The minimum atomic E-state index is -3.80. The van der Waals surface area contributed by atoms with Crippen molar-refractivity contribution in [1.82, 2.24) is 24.6 Å². The number of halogens is 1. The van der Waals surface area contributed by atoms with Crippen LogP contribution < -0.4 is 15.5 Å². The van der Waals surface area contributed by atoms with Crippen LogP contribution in [-0.2, 0) is 14.8 Å². The summed E-state index contributed by atoms with van der Waals surface area (Å²) in [5.74, 6) is -0.0927. The first-order chi connectivity index (χ1) is 15.8. The molecule has 0 radical (unpaired) electrons. The second-order valence-electron chi connectivity index (χ2n) is 8.07. The molecule has 3 heterocycles. The van der Waals surface area contributed by atoms with E-state index in [1.165, 1.54) is 26.5 Å². The lowest BCUT2D eigenvalue weighted by atomic mass is 10.1. The van der Waals surface area contributed by atoms with Gasteiger partial charge in [0, 0.05) is 39.4 Å². The van der Waals surface area contributed by atoms with Crippen LogP contribution in [0.15, 0.2) is 41.7 Å². The molecule has 0 bridgehead atoms. The van der Waals surface area contributed by atoms with Crippen LogP contribution in [0.25, 0.3) is 11.0 Å². The molecular weight excluding hydrogens is 449 g/mol. The zero-order chi connectivity index (χ0) is 23.6. The van der Waals surface area contributed by atoms with Crippen molar-refractivity contribution in [1.29, 1.82) is 0 Å². The smallest absolute Gasteiger partial charge is 0.244 e. The van der Waals surface area contributed by atoms with Crippen molar-refractivity contribution >= 4 is 38.5 Å². The highest BCUT2D eigenvalue weighted by Crippen LogP contribution is 2.26. The standard InChI is InChI=1S/C21H26FN7O3S/c1-28(2)33(31,32)18-6-5-14(22)10-17(18)24-11-19(30)27-15-4-3-9-29(12-15)21-16-7-8-23-20(16)25-13-26-21/h5-8,10,13,15,24H,3-4,9,11-12H2,1-2H3,(H,27,30)(H,23,25,26)/t15-/m1/s1. The Morgan fingerprint density at radius 3 is 2.91 bits per heavy atom. The van der Waals surface area contributed by atoms with Crippen LogP contribution in [0.5, 0.6) is 0 Å². The van der Waals surface area contributed by atoms with Crippen LogP contribution in [0.1, 0.15) is 12.8 Å². The van der Waals surface area contributed by atoms with E-state index in [1.54, 1.807) is 0 Å². The Morgan fingerprint density at radius 2 is 2.12 bits per heavy atom. The molecule has 176 valence electrons. The van der Waals surface area contributed by atoms with Crippen molar-refractivity contribution in [2.75, 3.05) is 43.9 Å². The molecule has 0 aliphatic carbocycles. The van der Waals surface area contributed by atoms with Gasteiger partial charge < -0.3 is 20.5 Å². The van der Waals surface area contributed by atoms with Gasteiger partial charge in [-0.2, -0.15) is 0 Å². The Bertz CT molecular complexity index is 1260. The van der Waals surface area contributed by atoms with Crippen LogP contribution in [0.2, 0.25) is 0 Å². The molecular formula is C21H26FN7O3S. The number of anilines is 2. The molecule has 2 aromatic heterocycles. The van der Waals surface area contributed by atoms with Crippen LogP contribution in [0.4, 0.5) is 15.9 Å². The highest BCUT2D eigenvalue weighted by Gasteiger charge is 2.25. The Kier molecular flexibility index (Phi) is 6.47. The first-order valence-corrected chi connectivity index (χ1v) is 12.0. The lowest BCUT2D eigenvalue weighted by molar-refractivity contribution is -0.120. The van der Waals surface area contributed by atoms with Crippen molar-refractivity contribution in [2.24, 2.45) is 0 Å². The number of aromatic amines is 1. The summed E-state index contributed by atoms with van der Waals surface area (Å²) < 4.78 is 39.8. The van der Waals surface area contributed by atoms with Gasteiger partial charge in [0.1, 0.15) is 28.5 Å². The minimum Gasteiger partial charge on any atom is -0.375 e. The maximum absolute atomic E-state index is 13.8. The lowest BCUT2D eigenvalue weighted by Crippen LogP contribution is -2.49. The number of nitrogens with one attached hydrogen (secondary N) is 3. The summed E-state index contributed by atoms with van der Waals surface area (Å²) in [6, 6.07) is 5.16. The third-order valence-corrected chi connectivity index (χ3v) is 7.43. The van der Waals surface area contributed by atoms with E-state index in [0.717, 1.165) is 52.7 Å². The first-order valence-electron chi connectivity index (χ1n) is 10.5. The number of H-pyrrole nitrogens is 1. The average Bonchev–Trinajstić information content (AvgIpc) is 3.26. The van der Waals surface area contributed by atoms with Gasteiger partial charge >= 0.3 is 0 Å². The zero-order valence-corrected chi connectivity index (χ0v) is 19.2. The number of fused-ring (bicyclic) bond motifs is 1. The van der Waals surface area contributed by atoms with Gasteiger partial charge in [-0.25, -0.2) is 27.1 Å². The van der Waals surface area contributed by atoms with E-state index in [0.29, 0.717) is 6.54 Å². The topological polar surface area (TPSA) is 123 Å². The highest BCUT2D eigenvalue weighted by molar-refractivity contribution is 7.89. The molecule has 3 N–H and O–H groups in total. The molecule has 3 aromatic rings. The normalized spacial score (nSPS) is 16.8. The van der Waals surface area contributed by atoms with E-state index in [1.807, 2.05) is 12.3 Å². The molecule has 1 aliphatic heterocycles. The van der Waals surface area contributed by atoms with Crippen molar-refractivity contribution in [3.05, 3.63) is 42.6 Å². The molecule has 1 amide bonds. The van der Waals surface area contributed by atoms with Crippen molar-refractivity contribution < 1.29 is 17.6 Å². The number of hydrogen-bond donors (Lipinski definition) is 3. The Hall–Kier alpha value is -3.25. The molecule has 33 heavy (non-hydrogen) atoms. The van der Waals surface area contributed by atoms with E-state index in [9.17, 15) is 17.6 Å². The summed E-state index contributed by atoms with van der Waals surface area (Å²) in [7, 11) is -1.02. The first kappa shape index (κ1) is 22.9. The Labute approximate surface area is 191 Å². The number of carbonyl (C=O) groups excluding carboxylic acids is 1. The van der Waals surface area contributed by atoms with Crippen LogP contribution in [-0.4, -0.2) is 73.4 Å². The van der Waals surface area contributed by atoms with Crippen molar-refractivity contribution in [2.45, 2.75) is 23.8 Å². The van der Waals surface area contributed by atoms with E-state index >= 15 is 0 Å². The molecule has 1 saturated heterocycles. The molecule has 0 unspecified atom stereocenters. The second kappa shape index (κ2) is 9.32. The maximum Gasteiger partial charge on any atom is 0.244 e. The molecule has 1 aliphatic rings. The van der Waals surface area contributed by atoms with E-state index in [4.69, 9.17) is 0 Å². The lowest BCUT2D eigenvalue weighted by Gasteiger charge is -2.34. The summed E-state index contributed by atoms with van der Waals surface area (Å²) in [6.07, 6.45) is 5.01. The van der Waals surface area contributed by atoms with Crippen LogP contribution in [0.3, 0.4) is 0 Å². The SMILES string of the molecule is CN(C)S(=O)(=O)c1ccc(F)cc1NCC(=O)N[C@@H]1CCCN(c2ncnc3[nH]ccc23)C1. The van der Waals surface area contributed by atoms with E-state index in [-0.39, 0.29) is 29.1 Å². The summed E-state index contributed by atoms with van der Waals surface area (Å²) >= 11 is 0. The summed E-state index contributed by atoms with van der Waals surface area (Å²) in [6.45, 7) is 1.21. The van der Waals surface area contributed by atoms with Crippen LogP contribution >= 0.6 is 0 Å². The van der Waals surface area contributed by atoms with Gasteiger partial charge in [-0.1, -0.05) is 0 Å². The quantitative estimate of drug-likeness (QED) is 0.474. The summed E-state index contributed by atoms with van der Waals surface area (Å²) in [5.41, 5.74) is 0.800. The van der Waals surface area contributed by atoms with Crippen molar-refractivity contribution in [3.63, 3.8) is 0 Å². The largest absolute Gasteiger partial charge is 0.375 e. The minimum absolute atomic E-state index is 0.0416. The monoisotopic (exact) mass is 475 g/mol. The van der Waals surface area contributed by atoms with Gasteiger partial charge in [0.05, 0.1) is 17.6 Å². The summed E-state index contributed by atoms with van der Waals surface area (Å²) in [5, 5.41) is 6.67. The third kappa shape index (κ3) is 4.91. The van der Waals surface area contributed by atoms with E-state index < -0.39 is 15.8 Å². The fraction of sp³-hybridized carbons (Fsp3) is 0.381. The second-order valence-corrected chi connectivity index (χ2v) is 10.2. The number of sulfonamides is 1. The van der Waals surface area contributed by atoms with Gasteiger partial charge in [0.2, 0.25) is 15.9 Å². The predicted octanol–water partition coefficient (Wildman–Crippen LogP) is 1.54. The average molecular weight is 476 g/mol. The fourth-order valence-corrected chi connectivity index (χ4v) is 4.96. The number of aromatic nitrogens is 3. The number of carbonyl (C=O) groups is 1. The fourth-order valence-electron chi connectivity index (χ4n) is 3.91. The zero-order valence-electron chi connectivity index (χ0n) is 18.4. The molecule has 1 fully saturated rings. The number of hydrogen-bond acceptors (Lipinski definition) is 7. The van der Waals surface area contributed by atoms with Gasteiger partial charge in [-0.15, -0.1) is 0 Å². The molecule has 1 atom stereocenters. The molecule has 4 rings (SSSR count). The molecule has 12 heteroatoms. The van der Waals surface area contributed by atoms with Gasteiger partial charge in [-0.05, 0) is 37.1 Å². The Balaban J connectivity index is 1.41. The number of nitrogens with zero attached hydrogens (tertiary/aromatic N) is 4. The molecule has 10 nitrogen and oxygen atoms in total. The summed E-state index contributed by atoms with van der Waals surface area (Å²) in [4.78, 5) is 26.3. The molecule has 1 aromatic carbocycles. The Morgan fingerprint density at radius 1 is 1.30 bits per heavy atom. The maximum atomic E-state index is 13.8. The van der Waals surface area contributed by atoms with Crippen molar-refractivity contribution in [3.8, 4) is 0 Å². The predicted molar refractivity (Wildman–Crippen MR) is 123 cm³/mol. The molecule has 0 saturated carbocycles. The third-order valence-electron chi connectivity index (χ3n) is 5.56. The van der Waals surface area contributed by atoms with Gasteiger partial charge in [0.15, 0.2) is 0 Å². The van der Waals surface area contributed by atoms with Gasteiger partial charge in [0.25, 0.3) is 0 Å². The van der Waals surface area contributed by atoms with Crippen LogP contribution in [0, 0.1) is 5.82 Å². The number of amides is 1. The van der Waals surface area contributed by atoms with E-state index in [2.05, 4.69) is 30.5 Å². The number of rotatable bonds is 7. The number of benzene rings is 1.